The summed E-state index contributed by atoms with van der Waals surface area (Å²) < 4.78 is 5.17. The van der Waals surface area contributed by atoms with Gasteiger partial charge in [0.2, 0.25) is 5.91 Å². The number of carbonyl (C=O) groups excluding carboxylic acids is 2. The molecule has 0 fully saturated rings. The van der Waals surface area contributed by atoms with Gasteiger partial charge in [0.1, 0.15) is 6.61 Å². The zero-order valence-corrected chi connectivity index (χ0v) is 14.1. The number of thioether (sulfide) groups is 1. The normalized spacial score (nSPS) is 16.0. The molecular weight excluding hydrogens is 324 g/mol. The van der Waals surface area contributed by atoms with Gasteiger partial charge in [-0.1, -0.05) is 36.4 Å². The van der Waals surface area contributed by atoms with Gasteiger partial charge < -0.3 is 15.4 Å². The SMILES string of the molecule is CC1Sc2ccc(CNC(=O)OCc3ccccc3)cc2NC1=O. The molecule has 2 aromatic rings. The lowest BCUT2D eigenvalue weighted by molar-refractivity contribution is -0.115. The third kappa shape index (κ3) is 4.08. The van der Waals surface area contributed by atoms with Crippen molar-refractivity contribution in [1.29, 1.82) is 0 Å². The molecule has 0 radical (unpaired) electrons. The van der Waals surface area contributed by atoms with Crippen LogP contribution in [0.2, 0.25) is 0 Å². The molecule has 3 rings (SSSR count). The Bertz CT molecular complexity index is 749. The van der Waals surface area contributed by atoms with Crippen LogP contribution in [0.4, 0.5) is 10.5 Å². The van der Waals surface area contributed by atoms with E-state index in [0.717, 1.165) is 21.7 Å². The van der Waals surface area contributed by atoms with Crippen molar-refractivity contribution >= 4 is 29.4 Å². The van der Waals surface area contributed by atoms with Gasteiger partial charge >= 0.3 is 6.09 Å². The van der Waals surface area contributed by atoms with Crippen LogP contribution in [0.15, 0.2) is 53.4 Å². The van der Waals surface area contributed by atoms with Gasteiger partial charge in [0.15, 0.2) is 0 Å². The molecule has 2 N–H and O–H groups in total. The van der Waals surface area contributed by atoms with Crippen LogP contribution in [0, 0.1) is 0 Å². The standard InChI is InChI=1S/C18H18N2O3S/c1-12-17(21)20-15-9-14(7-8-16(15)24-12)10-19-18(22)23-11-13-5-3-2-4-6-13/h2-9,12H,10-11H2,1H3,(H,19,22)(H,20,21). The molecule has 2 amide bonds. The molecule has 1 heterocycles. The number of benzene rings is 2. The molecule has 0 bridgehead atoms. The predicted octanol–water partition coefficient (Wildman–Crippen LogP) is 3.55. The summed E-state index contributed by atoms with van der Waals surface area (Å²) in [4.78, 5) is 24.5. The van der Waals surface area contributed by atoms with Gasteiger partial charge in [-0.2, -0.15) is 0 Å². The number of rotatable bonds is 4. The van der Waals surface area contributed by atoms with Crippen molar-refractivity contribution < 1.29 is 14.3 Å². The molecule has 5 nitrogen and oxygen atoms in total. The molecule has 24 heavy (non-hydrogen) atoms. The Kier molecular flexibility index (Phi) is 5.05. The number of nitrogens with one attached hydrogen (secondary N) is 2. The third-order valence-electron chi connectivity index (χ3n) is 3.62. The average molecular weight is 342 g/mol. The number of hydrogen-bond donors (Lipinski definition) is 2. The van der Waals surface area contributed by atoms with Crippen molar-refractivity contribution in [2.75, 3.05) is 5.32 Å². The summed E-state index contributed by atoms with van der Waals surface area (Å²) in [6.07, 6.45) is -0.469. The van der Waals surface area contributed by atoms with Crippen LogP contribution in [0.1, 0.15) is 18.1 Å². The smallest absolute Gasteiger partial charge is 0.407 e. The lowest BCUT2D eigenvalue weighted by Gasteiger charge is -2.21. The minimum Gasteiger partial charge on any atom is -0.445 e. The first-order valence-electron chi connectivity index (χ1n) is 7.67. The summed E-state index contributed by atoms with van der Waals surface area (Å²) in [5, 5.41) is 5.51. The maximum absolute atomic E-state index is 11.8. The van der Waals surface area contributed by atoms with Crippen molar-refractivity contribution in [3.63, 3.8) is 0 Å². The predicted molar refractivity (Wildman–Crippen MR) is 93.9 cm³/mol. The summed E-state index contributed by atoms with van der Waals surface area (Å²) in [5.74, 6) is -0.000111. The van der Waals surface area contributed by atoms with E-state index >= 15 is 0 Å². The molecule has 124 valence electrons. The van der Waals surface area contributed by atoms with Crippen LogP contribution < -0.4 is 10.6 Å². The maximum atomic E-state index is 11.8. The Balaban J connectivity index is 1.52. The molecule has 2 aromatic carbocycles. The molecule has 0 saturated heterocycles. The highest BCUT2D eigenvalue weighted by molar-refractivity contribution is 8.00. The minimum atomic E-state index is -0.469. The number of fused-ring (bicyclic) bond motifs is 1. The minimum absolute atomic E-state index is 0.000111. The van der Waals surface area contributed by atoms with E-state index in [1.54, 1.807) is 0 Å². The third-order valence-corrected chi connectivity index (χ3v) is 4.80. The van der Waals surface area contributed by atoms with E-state index in [1.807, 2.05) is 55.5 Å². The fraction of sp³-hybridized carbons (Fsp3) is 0.222. The summed E-state index contributed by atoms with van der Waals surface area (Å²) in [6, 6.07) is 15.3. The van der Waals surface area contributed by atoms with E-state index < -0.39 is 6.09 Å². The van der Waals surface area contributed by atoms with Gasteiger partial charge in [-0.05, 0) is 30.2 Å². The quantitative estimate of drug-likeness (QED) is 0.892. The second kappa shape index (κ2) is 7.40. The summed E-state index contributed by atoms with van der Waals surface area (Å²) in [5.41, 5.74) is 2.64. The lowest BCUT2D eigenvalue weighted by Crippen LogP contribution is -2.27. The van der Waals surface area contributed by atoms with Crippen LogP contribution in [0.3, 0.4) is 0 Å². The van der Waals surface area contributed by atoms with Crippen LogP contribution in [-0.2, 0) is 22.7 Å². The number of anilines is 1. The Morgan fingerprint density at radius 3 is 2.79 bits per heavy atom. The highest BCUT2D eigenvalue weighted by atomic mass is 32.2. The van der Waals surface area contributed by atoms with Gasteiger partial charge in [-0.25, -0.2) is 4.79 Å². The fourth-order valence-electron chi connectivity index (χ4n) is 2.31. The van der Waals surface area contributed by atoms with Crippen LogP contribution in [0.5, 0.6) is 0 Å². The summed E-state index contributed by atoms with van der Waals surface area (Å²) in [7, 11) is 0. The van der Waals surface area contributed by atoms with Gasteiger partial charge in [-0.15, -0.1) is 11.8 Å². The van der Waals surface area contributed by atoms with E-state index in [4.69, 9.17) is 4.74 Å². The molecule has 1 atom stereocenters. The second-order valence-electron chi connectivity index (χ2n) is 5.50. The molecule has 6 heteroatoms. The van der Waals surface area contributed by atoms with Crippen LogP contribution in [-0.4, -0.2) is 17.3 Å². The zero-order valence-electron chi connectivity index (χ0n) is 13.2. The Labute approximate surface area is 144 Å². The summed E-state index contributed by atoms with van der Waals surface area (Å²) >= 11 is 1.53. The molecule has 1 aliphatic rings. The van der Waals surface area contributed by atoms with E-state index in [9.17, 15) is 9.59 Å². The molecule has 0 aromatic heterocycles. The molecular formula is C18H18N2O3S. The Morgan fingerprint density at radius 2 is 2.00 bits per heavy atom. The lowest BCUT2D eigenvalue weighted by atomic mass is 10.2. The molecule has 0 aliphatic carbocycles. The van der Waals surface area contributed by atoms with Gasteiger partial charge in [0, 0.05) is 11.4 Å². The molecule has 1 aliphatic heterocycles. The largest absolute Gasteiger partial charge is 0.445 e. The van der Waals surface area contributed by atoms with Gasteiger partial charge in [-0.3, -0.25) is 4.79 Å². The zero-order chi connectivity index (χ0) is 16.9. The van der Waals surface area contributed by atoms with Gasteiger partial charge in [0.05, 0.1) is 10.9 Å². The van der Waals surface area contributed by atoms with E-state index in [2.05, 4.69) is 10.6 Å². The fourth-order valence-corrected chi connectivity index (χ4v) is 3.24. The molecule has 0 saturated carbocycles. The van der Waals surface area contributed by atoms with Crippen LogP contribution >= 0.6 is 11.8 Å². The van der Waals surface area contributed by atoms with E-state index in [-0.39, 0.29) is 17.8 Å². The van der Waals surface area contributed by atoms with Crippen molar-refractivity contribution in [2.45, 2.75) is 30.2 Å². The monoisotopic (exact) mass is 342 g/mol. The number of hydrogen-bond acceptors (Lipinski definition) is 4. The first-order chi connectivity index (χ1) is 11.6. The van der Waals surface area contributed by atoms with E-state index in [0.29, 0.717) is 6.54 Å². The second-order valence-corrected chi connectivity index (χ2v) is 6.88. The van der Waals surface area contributed by atoms with Crippen molar-refractivity contribution in [3.8, 4) is 0 Å². The van der Waals surface area contributed by atoms with E-state index in [1.165, 1.54) is 11.8 Å². The number of alkyl carbamates (subject to hydrolysis) is 1. The molecule has 1 unspecified atom stereocenters. The average Bonchev–Trinajstić information content (AvgIpc) is 2.60. The van der Waals surface area contributed by atoms with Crippen molar-refractivity contribution in [3.05, 3.63) is 59.7 Å². The first-order valence-corrected chi connectivity index (χ1v) is 8.55. The highest BCUT2D eigenvalue weighted by Crippen LogP contribution is 2.35. The summed E-state index contributed by atoms with van der Waals surface area (Å²) in [6.45, 7) is 2.46. The van der Waals surface area contributed by atoms with Crippen molar-refractivity contribution in [2.24, 2.45) is 0 Å². The highest BCUT2D eigenvalue weighted by Gasteiger charge is 2.22. The van der Waals surface area contributed by atoms with Gasteiger partial charge in [0.25, 0.3) is 0 Å². The number of ether oxygens (including phenoxy) is 1. The topological polar surface area (TPSA) is 67.4 Å². The number of carbonyl (C=O) groups is 2. The van der Waals surface area contributed by atoms with Crippen molar-refractivity contribution in [1.82, 2.24) is 5.32 Å². The first kappa shape index (κ1) is 16.4. The number of amides is 2. The maximum Gasteiger partial charge on any atom is 0.407 e. The Hall–Kier alpha value is -2.47. The molecule has 0 spiro atoms. The Morgan fingerprint density at radius 1 is 1.21 bits per heavy atom. The van der Waals surface area contributed by atoms with Crippen LogP contribution in [0.25, 0.3) is 0 Å².